The lowest BCUT2D eigenvalue weighted by molar-refractivity contribution is -0.155. The molecule has 8 bridgehead atoms. The number of rotatable bonds is 9. The average Bonchev–Trinajstić information content (AvgIpc) is 3.98. The molecule has 0 spiro atoms. The molecule has 3 amide bonds. The summed E-state index contributed by atoms with van der Waals surface area (Å²) in [6.45, 7) is 13.1. The van der Waals surface area contributed by atoms with E-state index in [4.69, 9.17) is 24.9 Å². The summed E-state index contributed by atoms with van der Waals surface area (Å²) in [5, 5.41) is 16.8. The van der Waals surface area contributed by atoms with Crippen molar-refractivity contribution in [2.75, 3.05) is 27.3 Å². The van der Waals surface area contributed by atoms with Crippen LogP contribution in [0.3, 0.4) is 0 Å². The summed E-state index contributed by atoms with van der Waals surface area (Å²) in [7, 11) is 3.28. The molecule has 8 atom stereocenters. The number of benzene rings is 2. The van der Waals surface area contributed by atoms with Crippen LogP contribution in [0.4, 0.5) is 0 Å². The zero-order valence-electron chi connectivity index (χ0n) is 38.9. The third-order valence-electron chi connectivity index (χ3n) is 14.0. The summed E-state index contributed by atoms with van der Waals surface area (Å²) in [5.41, 5.74) is 16.1. The number of phenolic OH excluding ortho intramolecular Hbond substituents is 1. The van der Waals surface area contributed by atoms with Gasteiger partial charge in [-0.2, -0.15) is 0 Å². The Labute approximate surface area is 381 Å². The van der Waals surface area contributed by atoms with E-state index in [1.807, 2.05) is 39.0 Å². The van der Waals surface area contributed by atoms with Crippen molar-refractivity contribution in [3.8, 4) is 28.1 Å². The lowest BCUT2D eigenvalue weighted by atomic mass is 9.83. The first kappa shape index (κ1) is 46.2. The molecule has 0 unspecified atom stereocenters. The van der Waals surface area contributed by atoms with Gasteiger partial charge in [0.05, 0.1) is 42.2 Å². The van der Waals surface area contributed by atoms with Crippen LogP contribution in [0.1, 0.15) is 90.2 Å². The molecule has 3 fully saturated rings. The first-order chi connectivity index (χ1) is 31.0. The van der Waals surface area contributed by atoms with E-state index in [-0.39, 0.29) is 55.5 Å². The van der Waals surface area contributed by atoms with E-state index in [0.717, 1.165) is 57.4 Å². The number of nitrogens with two attached hydrogens (primary N) is 1. The van der Waals surface area contributed by atoms with Gasteiger partial charge in [0.25, 0.3) is 5.91 Å². The first-order valence-electron chi connectivity index (χ1n) is 23.2. The van der Waals surface area contributed by atoms with Gasteiger partial charge in [0.15, 0.2) is 0 Å². The largest absolute Gasteiger partial charge is 0.508 e. The number of amides is 3. The van der Waals surface area contributed by atoms with Crippen molar-refractivity contribution in [3.63, 3.8) is 0 Å². The van der Waals surface area contributed by atoms with Crippen molar-refractivity contribution in [2.45, 2.75) is 129 Å². The van der Waals surface area contributed by atoms with Crippen LogP contribution in [0, 0.1) is 17.3 Å². The monoisotopic (exact) mass is 891 g/mol. The molecule has 348 valence electrons. The number of fused-ring (bicyclic) bond motifs is 8. The molecule has 8 rings (SSSR count). The fraction of sp³-hybridized carbons (Fsp3) is 0.540. The number of likely N-dealkylation sites (N-methyl/N-ethyl adjacent to an activating group) is 1. The molecule has 15 nitrogen and oxygen atoms in total. The number of carbonyl (C=O) groups is 4. The second kappa shape index (κ2) is 18.5. The number of pyridine rings is 1. The van der Waals surface area contributed by atoms with Gasteiger partial charge >= 0.3 is 5.97 Å². The van der Waals surface area contributed by atoms with Gasteiger partial charge in [-0.1, -0.05) is 39.8 Å². The maximum Gasteiger partial charge on any atom is 0.324 e. The summed E-state index contributed by atoms with van der Waals surface area (Å²) in [4.78, 5) is 63.5. The summed E-state index contributed by atoms with van der Waals surface area (Å²) in [6, 6.07) is 12.2. The predicted octanol–water partition coefficient (Wildman–Crippen LogP) is 5.44. The molecular formula is C50H65N7O8. The number of carbonyl (C=O) groups excluding carboxylic acids is 4. The van der Waals surface area contributed by atoms with Gasteiger partial charge in [-0.25, -0.2) is 5.43 Å². The Hall–Kier alpha value is -5.35. The topological polar surface area (TPSA) is 191 Å². The number of cyclic esters (lactones) is 1. The number of hydrogen-bond acceptors (Lipinski definition) is 11. The van der Waals surface area contributed by atoms with E-state index in [0.29, 0.717) is 31.4 Å². The average molecular weight is 892 g/mol. The maximum atomic E-state index is 14.7. The third-order valence-corrected chi connectivity index (χ3v) is 14.0. The summed E-state index contributed by atoms with van der Waals surface area (Å²) >= 11 is 0. The van der Waals surface area contributed by atoms with Crippen LogP contribution in [-0.2, 0) is 52.8 Å². The highest BCUT2D eigenvalue weighted by atomic mass is 16.5. The van der Waals surface area contributed by atoms with E-state index >= 15 is 0 Å². The number of aromatic hydroxyl groups is 1. The van der Waals surface area contributed by atoms with E-state index in [1.165, 1.54) is 9.91 Å². The number of hydrazine groups is 1. The fourth-order valence-corrected chi connectivity index (χ4v) is 10.7. The van der Waals surface area contributed by atoms with E-state index in [1.54, 1.807) is 32.5 Å². The fourth-order valence-electron chi connectivity index (χ4n) is 10.7. The van der Waals surface area contributed by atoms with Gasteiger partial charge in [0.1, 0.15) is 23.9 Å². The summed E-state index contributed by atoms with van der Waals surface area (Å²) in [5.74, 6) is -2.59. The van der Waals surface area contributed by atoms with E-state index in [9.17, 15) is 24.3 Å². The molecule has 4 aliphatic heterocycles. The van der Waals surface area contributed by atoms with Gasteiger partial charge in [0.2, 0.25) is 11.8 Å². The van der Waals surface area contributed by atoms with Crippen LogP contribution in [0.2, 0.25) is 0 Å². The molecular weight excluding hydrogens is 827 g/mol. The number of aryl methyl sites for hydroxylation is 1. The number of phenols is 1. The molecule has 0 saturated carbocycles. The second-order valence-corrected chi connectivity index (χ2v) is 19.6. The zero-order valence-corrected chi connectivity index (χ0v) is 38.9. The number of esters is 1. The SMILES string of the molecule is CCn1c(-c2cccnc2[C@H](C)OC)c2c3cc(ccc31)-c1cc(O)cc(c1)C[C@H](NC(=O)[C@H](C(C)C)N(C)C(=O)[C@H]1[C@@H](N)[C@@H]3CC[C@H]1O3)C(=O)N1CCC[C@H](N1)C(=O)OCC(C)(C)C2. The molecule has 0 aliphatic carbocycles. The highest BCUT2D eigenvalue weighted by molar-refractivity contribution is 5.96. The number of ether oxygens (including phenoxy) is 3. The Morgan fingerprint density at radius 1 is 1.08 bits per heavy atom. The van der Waals surface area contributed by atoms with Crippen molar-refractivity contribution in [3.05, 3.63) is 71.5 Å². The molecule has 65 heavy (non-hydrogen) atoms. The second-order valence-electron chi connectivity index (χ2n) is 19.6. The zero-order chi connectivity index (χ0) is 46.5. The van der Waals surface area contributed by atoms with Gasteiger partial charge < -0.3 is 39.8 Å². The van der Waals surface area contributed by atoms with Gasteiger partial charge in [-0.05, 0) is 111 Å². The van der Waals surface area contributed by atoms with Gasteiger partial charge in [-0.15, -0.1) is 0 Å². The van der Waals surface area contributed by atoms with Crippen molar-refractivity contribution in [2.24, 2.45) is 23.0 Å². The minimum absolute atomic E-state index is 0.0000284. The Morgan fingerprint density at radius 2 is 1.85 bits per heavy atom. The molecule has 4 aromatic rings. The lowest BCUT2D eigenvalue weighted by Gasteiger charge is -2.37. The molecule has 3 saturated heterocycles. The molecule has 2 aromatic carbocycles. The van der Waals surface area contributed by atoms with Gasteiger partial charge in [-0.3, -0.25) is 29.2 Å². The molecule has 0 radical (unpaired) electrons. The van der Waals surface area contributed by atoms with Crippen LogP contribution in [0.5, 0.6) is 5.75 Å². The molecule has 2 aromatic heterocycles. The molecule has 5 N–H and O–H groups in total. The number of nitrogens with zero attached hydrogens (tertiary/aromatic N) is 4. The summed E-state index contributed by atoms with van der Waals surface area (Å²) in [6.07, 6.45) is 4.09. The van der Waals surface area contributed by atoms with E-state index in [2.05, 4.69) is 54.3 Å². The van der Waals surface area contributed by atoms with Crippen molar-refractivity contribution >= 4 is 34.6 Å². The van der Waals surface area contributed by atoms with Crippen LogP contribution >= 0.6 is 0 Å². The lowest BCUT2D eigenvalue weighted by Crippen LogP contribution is -2.62. The smallest absolute Gasteiger partial charge is 0.324 e. The number of aromatic nitrogens is 2. The Kier molecular flexibility index (Phi) is 13.1. The van der Waals surface area contributed by atoms with Gasteiger partial charge in [0, 0.05) is 67.8 Å². The van der Waals surface area contributed by atoms with Crippen LogP contribution in [0.15, 0.2) is 54.7 Å². The van der Waals surface area contributed by atoms with Crippen LogP contribution < -0.4 is 16.5 Å². The normalized spacial score (nSPS) is 25.3. The van der Waals surface area contributed by atoms with Crippen molar-refractivity contribution in [1.29, 1.82) is 0 Å². The number of nitrogens with one attached hydrogen (secondary N) is 2. The Bertz CT molecular complexity index is 2460. The Balaban J connectivity index is 1.21. The molecule has 6 heterocycles. The minimum Gasteiger partial charge on any atom is -0.508 e. The van der Waals surface area contributed by atoms with Crippen molar-refractivity contribution in [1.82, 2.24) is 30.2 Å². The predicted molar refractivity (Wildman–Crippen MR) is 246 cm³/mol. The standard InChI is InChI=1S/C50H65N7O8/c1-9-56-38-15-14-30-24-34(38)35(45(56)33-12-10-18-52-43(33)28(4)63-8)25-50(5,6)26-64-49(62)36-13-11-19-57(54-36)47(60)37(22-29-20-31(30)23-32(58)21-29)53-46(59)44(27(2)3)55(7)48(61)41-39-16-17-40(65-39)42(41)51/h10,12,14-15,18,20-21,23-24,27-28,36-37,39-42,44,54,58H,9,11,13,16-17,19,22,25-26,51H2,1-8H3,(H,53,59)/t28-,36-,37-,39+,40-,41+,42-,44-/m0/s1. The van der Waals surface area contributed by atoms with Crippen LogP contribution in [0.25, 0.3) is 33.3 Å². The number of hydrogen-bond donors (Lipinski definition) is 4. The number of methoxy groups -OCH3 is 1. The Morgan fingerprint density at radius 3 is 2.55 bits per heavy atom. The third kappa shape index (κ3) is 9.00. The van der Waals surface area contributed by atoms with Crippen molar-refractivity contribution < 1.29 is 38.5 Å². The first-order valence-corrected chi connectivity index (χ1v) is 23.2. The minimum atomic E-state index is -1.14. The summed E-state index contributed by atoms with van der Waals surface area (Å²) < 4.78 is 20.2. The van der Waals surface area contributed by atoms with Crippen LogP contribution in [-0.4, -0.2) is 112 Å². The quantitative estimate of drug-likeness (QED) is 0.157. The maximum absolute atomic E-state index is 14.7. The highest BCUT2D eigenvalue weighted by Crippen LogP contribution is 2.43. The van der Waals surface area contributed by atoms with E-state index < -0.39 is 53.3 Å². The molecule has 4 aliphatic rings. The highest BCUT2D eigenvalue weighted by Gasteiger charge is 2.52. The molecule has 15 heteroatoms.